The van der Waals surface area contributed by atoms with E-state index in [0.29, 0.717) is 0 Å². The number of hydrogen-bond acceptors (Lipinski definition) is 1. The van der Waals surface area contributed by atoms with Crippen LogP contribution in [0.5, 0.6) is 0 Å². The first-order valence-corrected chi connectivity index (χ1v) is 5.68. The summed E-state index contributed by atoms with van der Waals surface area (Å²) >= 11 is 5.55. The zero-order valence-electron chi connectivity index (χ0n) is 8.72. The van der Waals surface area contributed by atoms with Gasteiger partial charge in [-0.2, -0.15) is 0 Å². The van der Waals surface area contributed by atoms with Crippen LogP contribution in [0, 0.1) is 0 Å². The summed E-state index contributed by atoms with van der Waals surface area (Å²) in [4.78, 5) is 0. The van der Waals surface area contributed by atoms with Gasteiger partial charge in [-0.25, -0.2) is 0 Å². The van der Waals surface area contributed by atoms with E-state index in [1.165, 1.54) is 0 Å². The SMILES string of the molecule is CCC(O)(/C=C\CCCCCl)CC. The maximum atomic E-state index is 9.87. The number of unbranched alkanes of at least 4 members (excludes halogenated alkanes) is 2. The number of allylic oxidation sites excluding steroid dienone is 1. The first-order chi connectivity index (χ1) is 6.18. The molecule has 2 heteroatoms. The first-order valence-electron chi connectivity index (χ1n) is 5.14. The lowest BCUT2D eigenvalue weighted by molar-refractivity contribution is 0.0825. The van der Waals surface area contributed by atoms with Crippen LogP contribution in [0.1, 0.15) is 46.0 Å². The molecule has 0 saturated carbocycles. The molecular formula is C11H21ClO. The Balaban J connectivity index is 3.67. The number of alkyl halides is 1. The first kappa shape index (κ1) is 13.0. The molecule has 0 rings (SSSR count). The molecule has 78 valence electrons. The minimum Gasteiger partial charge on any atom is -0.386 e. The highest BCUT2D eigenvalue weighted by Crippen LogP contribution is 2.16. The van der Waals surface area contributed by atoms with Crippen molar-refractivity contribution in [3.05, 3.63) is 12.2 Å². The van der Waals surface area contributed by atoms with Crippen LogP contribution >= 0.6 is 11.6 Å². The van der Waals surface area contributed by atoms with E-state index in [1.807, 2.05) is 19.9 Å². The molecular weight excluding hydrogens is 184 g/mol. The van der Waals surface area contributed by atoms with Gasteiger partial charge < -0.3 is 5.11 Å². The van der Waals surface area contributed by atoms with Crippen molar-refractivity contribution in [1.29, 1.82) is 0 Å². The fraction of sp³-hybridized carbons (Fsp3) is 0.818. The molecule has 0 amide bonds. The van der Waals surface area contributed by atoms with Gasteiger partial charge in [0.2, 0.25) is 0 Å². The topological polar surface area (TPSA) is 20.2 Å². The van der Waals surface area contributed by atoms with Crippen molar-refractivity contribution in [2.45, 2.75) is 51.6 Å². The molecule has 0 unspecified atom stereocenters. The fourth-order valence-corrected chi connectivity index (χ4v) is 1.33. The quantitative estimate of drug-likeness (QED) is 0.382. The zero-order chi connectivity index (χ0) is 10.2. The Morgan fingerprint density at radius 3 is 2.31 bits per heavy atom. The Hall–Kier alpha value is -0.0100. The second-order valence-electron chi connectivity index (χ2n) is 3.40. The molecule has 0 heterocycles. The van der Waals surface area contributed by atoms with Crippen LogP contribution in [0.25, 0.3) is 0 Å². The van der Waals surface area contributed by atoms with E-state index < -0.39 is 5.60 Å². The van der Waals surface area contributed by atoms with Crippen LogP contribution in [0.4, 0.5) is 0 Å². The minimum absolute atomic E-state index is 0.582. The maximum Gasteiger partial charge on any atom is 0.0822 e. The summed E-state index contributed by atoms with van der Waals surface area (Å²) in [6, 6.07) is 0. The molecule has 0 saturated heterocycles. The number of halogens is 1. The largest absolute Gasteiger partial charge is 0.386 e. The Labute approximate surface area is 86.8 Å². The van der Waals surface area contributed by atoms with Gasteiger partial charge in [0.05, 0.1) is 5.60 Å². The summed E-state index contributed by atoms with van der Waals surface area (Å²) in [5, 5.41) is 9.87. The third kappa shape index (κ3) is 6.11. The molecule has 0 aromatic carbocycles. The molecule has 0 bridgehead atoms. The van der Waals surface area contributed by atoms with Gasteiger partial charge in [-0.3, -0.25) is 0 Å². The van der Waals surface area contributed by atoms with Crippen molar-refractivity contribution < 1.29 is 5.11 Å². The van der Waals surface area contributed by atoms with Crippen molar-refractivity contribution in [2.24, 2.45) is 0 Å². The van der Waals surface area contributed by atoms with Crippen LogP contribution in [-0.2, 0) is 0 Å². The summed E-state index contributed by atoms with van der Waals surface area (Å²) in [6.07, 6.45) is 8.77. The Kier molecular flexibility index (Phi) is 7.39. The van der Waals surface area contributed by atoms with E-state index in [-0.39, 0.29) is 0 Å². The molecule has 0 radical (unpaired) electrons. The monoisotopic (exact) mass is 204 g/mol. The molecule has 0 spiro atoms. The molecule has 0 fully saturated rings. The highest BCUT2D eigenvalue weighted by molar-refractivity contribution is 6.17. The molecule has 13 heavy (non-hydrogen) atoms. The van der Waals surface area contributed by atoms with Crippen molar-refractivity contribution in [1.82, 2.24) is 0 Å². The van der Waals surface area contributed by atoms with Crippen molar-refractivity contribution in [3.8, 4) is 0 Å². The average Bonchev–Trinajstić information content (AvgIpc) is 2.17. The van der Waals surface area contributed by atoms with Gasteiger partial charge in [-0.1, -0.05) is 26.0 Å². The molecule has 0 aliphatic heterocycles. The Morgan fingerprint density at radius 2 is 1.85 bits per heavy atom. The molecule has 0 aliphatic rings. The Morgan fingerprint density at radius 1 is 1.23 bits per heavy atom. The number of hydrogen-bond donors (Lipinski definition) is 1. The smallest absolute Gasteiger partial charge is 0.0822 e. The predicted molar refractivity (Wildman–Crippen MR) is 59.2 cm³/mol. The second kappa shape index (κ2) is 7.40. The lowest BCUT2D eigenvalue weighted by atomic mass is 9.96. The molecule has 1 N–H and O–H groups in total. The van der Waals surface area contributed by atoms with Crippen molar-refractivity contribution in [3.63, 3.8) is 0 Å². The molecule has 0 aliphatic carbocycles. The Bertz CT molecular complexity index is 139. The minimum atomic E-state index is -0.582. The van der Waals surface area contributed by atoms with Crippen LogP contribution in [0.15, 0.2) is 12.2 Å². The van der Waals surface area contributed by atoms with Gasteiger partial charge >= 0.3 is 0 Å². The van der Waals surface area contributed by atoms with E-state index in [4.69, 9.17) is 11.6 Å². The van der Waals surface area contributed by atoms with E-state index in [2.05, 4.69) is 6.08 Å². The van der Waals surface area contributed by atoms with Gasteiger partial charge in [-0.15, -0.1) is 11.6 Å². The van der Waals surface area contributed by atoms with Crippen LogP contribution in [0.3, 0.4) is 0 Å². The van der Waals surface area contributed by atoms with Gasteiger partial charge in [0.25, 0.3) is 0 Å². The van der Waals surface area contributed by atoms with Crippen molar-refractivity contribution >= 4 is 11.6 Å². The zero-order valence-corrected chi connectivity index (χ0v) is 9.48. The third-order valence-corrected chi connectivity index (χ3v) is 2.67. The maximum absolute atomic E-state index is 9.87. The summed E-state index contributed by atoms with van der Waals surface area (Å²) in [6.45, 7) is 4.01. The number of aliphatic hydroxyl groups is 1. The number of rotatable bonds is 7. The lowest BCUT2D eigenvalue weighted by Gasteiger charge is -2.20. The van der Waals surface area contributed by atoms with Gasteiger partial charge in [0.1, 0.15) is 0 Å². The second-order valence-corrected chi connectivity index (χ2v) is 3.78. The van der Waals surface area contributed by atoms with Gasteiger partial charge in [-0.05, 0) is 32.1 Å². The van der Waals surface area contributed by atoms with Crippen LogP contribution in [-0.4, -0.2) is 16.6 Å². The van der Waals surface area contributed by atoms with Crippen LogP contribution in [0.2, 0.25) is 0 Å². The average molecular weight is 205 g/mol. The van der Waals surface area contributed by atoms with E-state index in [1.54, 1.807) is 0 Å². The summed E-state index contributed by atoms with van der Waals surface area (Å²) in [5.41, 5.74) is -0.582. The lowest BCUT2D eigenvalue weighted by Crippen LogP contribution is -2.22. The molecule has 1 nitrogen and oxygen atoms in total. The summed E-state index contributed by atoms with van der Waals surface area (Å²) in [7, 11) is 0. The van der Waals surface area contributed by atoms with E-state index >= 15 is 0 Å². The highest BCUT2D eigenvalue weighted by atomic mass is 35.5. The third-order valence-electron chi connectivity index (χ3n) is 2.41. The summed E-state index contributed by atoms with van der Waals surface area (Å²) in [5.74, 6) is 0.736. The highest BCUT2D eigenvalue weighted by Gasteiger charge is 2.16. The van der Waals surface area contributed by atoms with Crippen molar-refractivity contribution in [2.75, 3.05) is 5.88 Å². The summed E-state index contributed by atoms with van der Waals surface area (Å²) < 4.78 is 0. The van der Waals surface area contributed by atoms with Gasteiger partial charge in [0, 0.05) is 5.88 Å². The normalized spacial score (nSPS) is 12.6. The molecule has 0 aromatic heterocycles. The molecule has 0 atom stereocenters. The van der Waals surface area contributed by atoms with E-state index in [0.717, 1.165) is 38.0 Å². The predicted octanol–water partition coefficient (Wildman–Crippen LogP) is 3.50. The molecule has 0 aromatic rings. The fourth-order valence-electron chi connectivity index (χ4n) is 1.15. The standard InChI is InChI=1S/C11H21ClO/c1-3-11(13,4-2)9-7-5-6-8-10-12/h7,9,13H,3-6,8,10H2,1-2H3/b9-7-. The van der Waals surface area contributed by atoms with Crippen LogP contribution < -0.4 is 0 Å². The van der Waals surface area contributed by atoms with E-state index in [9.17, 15) is 5.11 Å². The van der Waals surface area contributed by atoms with Gasteiger partial charge in [0.15, 0.2) is 0 Å².